The van der Waals surface area contributed by atoms with E-state index in [4.69, 9.17) is 18.0 Å². The zero-order valence-corrected chi connectivity index (χ0v) is 12.5. The van der Waals surface area contributed by atoms with Gasteiger partial charge in [-0.05, 0) is 19.8 Å². The second kappa shape index (κ2) is 5.49. The molecule has 0 unspecified atom stereocenters. The van der Waals surface area contributed by atoms with Gasteiger partial charge in [0, 0.05) is 19.6 Å². The van der Waals surface area contributed by atoms with E-state index < -0.39 is 11.6 Å². The number of hydrogen-bond acceptors (Lipinski definition) is 4. The molecule has 2 rings (SSSR count). The Bertz CT molecular complexity index is 469. The molecule has 20 heavy (non-hydrogen) atoms. The fraction of sp³-hybridized carbons (Fsp3) is 0.615. The number of carbonyl (C=O) groups excluding carboxylic acids is 2. The lowest BCUT2D eigenvalue weighted by molar-refractivity contribution is -0.132. The van der Waals surface area contributed by atoms with E-state index in [1.165, 1.54) is 0 Å². The maximum absolute atomic E-state index is 12.4. The van der Waals surface area contributed by atoms with Crippen molar-refractivity contribution in [1.29, 1.82) is 0 Å². The molecule has 7 heteroatoms. The molecule has 3 N–H and O–H groups in total. The lowest BCUT2D eigenvalue weighted by Gasteiger charge is -2.37. The molecule has 2 heterocycles. The number of nitrogens with two attached hydrogens (primary N) is 1. The number of carbonyl (C=O) groups is 2. The second-order valence-electron chi connectivity index (χ2n) is 5.60. The summed E-state index contributed by atoms with van der Waals surface area (Å²) in [6, 6.07) is -0.392. The van der Waals surface area contributed by atoms with Crippen molar-refractivity contribution in [2.45, 2.75) is 25.3 Å². The molecule has 6 nitrogen and oxygen atoms in total. The lowest BCUT2D eigenvalue weighted by Crippen LogP contribution is -2.55. The van der Waals surface area contributed by atoms with E-state index in [9.17, 15) is 9.59 Å². The second-order valence-corrected chi connectivity index (χ2v) is 6.13. The number of thiocarbonyl (C=S) groups is 1. The number of hydrogen-bond donors (Lipinski definition) is 2. The van der Waals surface area contributed by atoms with Crippen LogP contribution in [0, 0.1) is 0 Å². The fourth-order valence-corrected chi connectivity index (χ4v) is 2.92. The summed E-state index contributed by atoms with van der Waals surface area (Å²) in [4.78, 5) is 27.9. The highest BCUT2D eigenvalue weighted by atomic mass is 32.1. The van der Waals surface area contributed by atoms with Gasteiger partial charge in [0.05, 0.1) is 11.5 Å². The van der Waals surface area contributed by atoms with E-state index >= 15 is 0 Å². The summed E-state index contributed by atoms with van der Waals surface area (Å²) in [6.07, 6.45) is 1.22. The minimum absolute atomic E-state index is 0.0111. The van der Waals surface area contributed by atoms with Crippen LogP contribution in [-0.2, 0) is 4.79 Å². The van der Waals surface area contributed by atoms with E-state index in [0.717, 1.165) is 30.1 Å². The predicted octanol–water partition coefficient (Wildman–Crippen LogP) is 0.235. The third-order valence-electron chi connectivity index (χ3n) is 3.76. The van der Waals surface area contributed by atoms with Crippen LogP contribution < -0.4 is 11.1 Å². The summed E-state index contributed by atoms with van der Waals surface area (Å²) in [7, 11) is 0. The quantitative estimate of drug-likeness (QED) is 0.441. The SMILES string of the molecule is C=C(C)CN1CCC2(CC1)NC(=O)N(CC(N)=S)C2=O. The number of urea groups is 1. The molecule has 0 aromatic carbocycles. The number of rotatable bonds is 4. The van der Waals surface area contributed by atoms with Gasteiger partial charge in [0.15, 0.2) is 0 Å². The number of piperidine rings is 1. The molecule has 0 radical (unpaired) electrons. The number of imide groups is 1. The van der Waals surface area contributed by atoms with Crippen molar-refractivity contribution in [1.82, 2.24) is 15.1 Å². The van der Waals surface area contributed by atoms with E-state index in [1.807, 2.05) is 6.92 Å². The number of nitrogens with zero attached hydrogens (tertiary/aromatic N) is 2. The predicted molar refractivity (Wildman–Crippen MR) is 80.2 cm³/mol. The van der Waals surface area contributed by atoms with Crippen LogP contribution in [-0.4, -0.2) is 58.4 Å². The number of likely N-dealkylation sites (tertiary alicyclic amines) is 1. The Morgan fingerprint density at radius 3 is 2.50 bits per heavy atom. The van der Waals surface area contributed by atoms with E-state index in [2.05, 4.69) is 16.8 Å². The minimum Gasteiger partial charge on any atom is -0.392 e. The van der Waals surface area contributed by atoms with Gasteiger partial charge in [0.2, 0.25) is 0 Å². The van der Waals surface area contributed by atoms with Crippen molar-refractivity contribution in [3.8, 4) is 0 Å². The van der Waals surface area contributed by atoms with Crippen LogP contribution in [0.3, 0.4) is 0 Å². The Morgan fingerprint density at radius 2 is 2.00 bits per heavy atom. The van der Waals surface area contributed by atoms with Crippen molar-refractivity contribution in [2.24, 2.45) is 5.73 Å². The Kier molecular flexibility index (Phi) is 4.10. The summed E-state index contributed by atoms with van der Waals surface area (Å²) in [5.41, 5.74) is 5.76. The van der Waals surface area contributed by atoms with Gasteiger partial charge >= 0.3 is 6.03 Å². The lowest BCUT2D eigenvalue weighted by atomic mass is 9.87. The minimum atomic E-state index is -0.770. The van der Waals surface area contributed by atoms with Crippen LogP contribution in [0.15, 0.2) is 12.2 Å². The molecule has 110 valence electrons. The first-order valence-corrected chi connectivity index (χ1v) is 7.04. The average molecular weight is 296 g/mol. The normalized spacial score (nSPS) is 22.1. The molecule has 2 fully saturated rings. The summed E-state index contributed by atoms with van der Waals surface area (Å²) in [6.45, 7) is 8.24. The zero-order chi connectivity index (χ0) is 14.9. The molecule has 2 aliphatic rings. The van der Waals surface area contributed by atoms with Gasteiger partial charge in [-0.3, -0.25) is 14.6 Å². The molecular formula is C13H20N4O2S. The van der Waals surface area contributed by atoms with Crippen LogP contribution in [0.4, 0.5) is 4.79 Å². The van der Waals surface area contributed by atoms with Gasteiger partial charge in [-0.25, -0.2) is 4.79 Å². The maximum Gasteiger partial charge on any atom is 0.325 e. The average Bonchev–Trinajstić information content (AvgIpc) is 2.56. The monoisotopic (exact) mass is 296 g/mol. The highest BCUT2D eigenvalue weighted by Gasteiger charge is 2.52. The van der Waals surface area contributed by atoms with Crippen LogP contribution in [0.1, 0.15) is 19.8 Å². The smallest absolute Gasteiger partial charge is 0.325 e. The van der Waals surface area contributed by atoms with Crippen molar-refractivity contribution in [3.05, 3.63) is 12.2 Å². The molecule has 0 bridgehead atoms. The Morgan fingerprint density at radius 1 is 1.40 bits per heavy atom. The number of nitrogens with one attached hydrogen (secondary N) is 1. The third kappa shape index (κ3) is 2.83. The van der Waals surface area contributed by atoms with E-state index in [1.54, 1.807) is 0 Å². The van der Waals surface area contributed by atoms with Gasteiger partial charge in [0.25, 0.3) is 5.91 Å². The van der Waals surface area contributed by atoms with Crippen LogP contribution >= 0.6 is 12.2 Å². The van der Waals surface area contributed by atoms with Gasteiger partial charge in [-0.15, -0.1) is 0 Å². The van der Waals surface area contributed by atoms with E-state index in [-0.39, 0.29) is 17.4 Å². The number of amides is 3. The summed E-state index contributed by atoms with van der Waals surface area (Å²) in [5, 5.41) is 2.82. The largest absolute Gasteiger partial charge is 0.392 e. The van der Waals surface area contributed by atoms with Gasteiger partial charge < -0.3 is 11.1 Å². The Hall–Kier alpha value is -1.47. The maximum atomic E-state index is 12.4. The fourth-order valence-electron chi connectivity index (χ4n) is 2.79. The van der Waals surface area contributed by atoms with Crippen molar-refractivity contribution in [2.75, 3.05) is 26.2 Å². The highest BCUT2D eigenvalue weighted by Crippen LogP contribution is 2.29. The molecule has 3 amide bonds. The molecule has 2 aliphatic heterocycles. The zero-order valence-electron chi connectivity index (χ0n) is 11.6. The summed E-state index contributed by atoms with van der Waals surface area (Å²) < 4.78 is 0. The van der Waals surface area contributed by atoms with Crippen molar-refractivity contribution in [3.63, 3.8) is 0 Å². The van der Waals surface area contributed by atoms with Gasteiger partial charge in [0.1, 0.15) is 5.54 Å². The topological polar surface area (TPSA) is 78.7 Å². The molecular weight excluding hydrogens is 276 g/mol. The molecule has 0 atom stereocenters. The Balaban J connectivity index is 2.03. The molecule has 0 saturated carbocycles. The molecule has 0 aliphatic carbocycles. The van der Waals surface area contributed by atoms with Gasteiger partial charge in [-0.1, -0.05) is 24.4 Å². The summed E-state index contributed by atoms with van der Waals surface area (Å²) >= 11 is 4.78. The standard InChI is InChI=1S/C13H20N4O2S/c1-9(2)7-16-5-3-13(4-6-16)11(18)17(8-10(14)20)12(19)15-13/h1,3-8H2,2H3,(H2,14,20)(H,15,19). The first-order chi connectivity index (χ1) is 9.34. The van der Waals surface area contributed by atoms with Crippen LogP contribution in [0.5, 0.6) is 0 Å². The van der Waals surface area contributed by atoms with Crippen molar-refractivity contribution >= 4 is 29.1 Å². The first kappa shape index (κ1) is 14.9. The summed E-state index contributed by atoms with van der Waals surface area (Å²) in [5.74, 6) is -0.203. The highest BCUT2D eigenvalue weighted by molar-refractivity contribution is 7.80. The van der Waals surface area contributed by atoms with Crippen LogP contribution in [0.2, 0.25) is 0 Å². The third-order valence-corrected chi connectivity index (χ3v) is 3.89. The van der Waals surface area contributed by atoms with Crippen LogP contribution in [0.25, 0.3) is 0 Å². The Labute approximate surface area is 124 Å². The molecule has 0 aromatic rings. The molecule has 1 spiro atoms. The van der Waals surface area contributed by atoms with Gasteiger partial charge in [-0.2, -0.15) is 0 Å². The first-order valence-electron chi connectivity index (χ1n) is 6.63. The van der Waals surface area contributed by atoms with E-state index in [0.29, 0.717) is 12.8 Å². The molecule has 0 aromatic heterocycles. The van der Waals surface area contributed by atoms with Crippen molar-refractivity contribution < 1.29 is 9.59 Å². The molecule has 2 saturated heterocycles.